The summed E-state index contributed by atoms with van der Waals surface area (Å²) in [5.41, 5.74) is 2.33. The summed E-state index contributed by atoms with van der Waals surface area (Å²) in [7, 11) is 3.45. The van der Waals surface area contributed by atoms with Gasteiger partial charge in [-0.05, 0) is 24.1 Å². The van der Waals surface area contributed by atoms with Crippen molar-refractivity contribution in [1.29, 1.82) is 0 Å². The van der Waals surface area contributed by atoms with Crippen LogP contribution >= 0.6 is 0 Å². The van der Waals surface area contributed by atoms with Gasteiger partial charge in [0.25, 0.3) is 5.91 Å². The molecule has 0 fully saturated rings. The maximum absolute atomic E-state index is 11.7. The highest BCUT2D eigenvalue weighted by molar-refractivity contribution is 5.77. The van der Waals surface area contributed by atoms with Crippen LogP contribution in [0.25, 0.3) is 0 Å². The number of nitrogens with zero attached hydrogens (tertiary/aromatic N) is 1. The predicted molar refractivity (Wildman–Crippen MR) is 101 cm³/mol. The highest BCUT2D eigenvalue weighted by atomic mass is 16.5. The number of amides is 1. The number of fused-ring (bicyclic) bond motifs is 1. The molecule has 0 saturated carbocycles. The quantitative estimate of drug-likeness (QED) is 0.830. The summed E-state index contributed by atoms with van der Waals surface area (Å²) in [6.07, 6.45) is 1.03. The lowest BCUT2D eigenvalue weighted by Gasteiger charge is -2.25. The summed E-state index contributed by atoms with van der Waals surface area (Å²) in [4.78, 5) is 13.2. The fourth-order valence-electron chi connectivity index (χ4n) is 2.99. The normalized spacial score (nSPS) is 15.7. The second kappa shape index (κ2) is 8.72. The van der Waals surface area contributed by atoms with E-state index in [0.29, 0.717) is 12.5 Å². The van der Waals surface area contributed by atoms with Gasteiger partial charge in [-0.3, -0.25) is 4.79 Å². The van der Waals surface area contributed by atoms with Crippen molar-refractivity contribution in [2.45, 2.75) is 13.0 Å². The first-order valence-electron chi connectivity index (χ1n) is 8.95. The first-order chi connectivity index (χ1) is 12.6. The van der Waals surface area contributed by atoms with E-state index < -0.39 is 0 Å². The van der Waals surface area contributed by atoms with Gasteiger partial charge in [-0.1, -0.05) is 36.4 Å². The van der Waals surface area contributed by atoms with Crippen molar-refractivity contribution < 1.29 is 14.3 Å². The second-order valence-electron chi connectivity index (χ2n) is 6.80. The Morgan fingerprint density at radius 2 is 1.96 bits per heavy atom. The van der Waals surface area contributed by atoms with E-state index in [9.17, 15) is 4.79 Å². The Kier molecular flexibility index (Phi) is 6.12. The summed E-state index contributed by atoms with van der Waals surface area (Å²) in [6, 6.07) is 16.1. The monoisotopic (exact) mass is 354 g/mol. The van der Waals surface area contributed by atoms with Gasteiger partial charge in [0, 0.05) is 38.7 Å². The molecule has 5 heteroatoms. The molecule has 1 N–H and O–H groups in total. The number of hydrogen-bond acceptors (Lipinski definition) is 4. The van der Waals surface area contributed by atoms with Gasteiger partial charge in [-0.15, -0.1) is 0 Å². The molecule has 0 spiro atoms. The van der Waals surface area contributed by atoms with Crippen molar-refractivity contribution in [3.05, 3.63) is 59.7 Å². The van der Waals surface area contributed by atoms with Gasteiger partial charge in [-0.25, -0.2) is 0 Å². The molecular formula is C21H26N2O3. The van der Waals surface area contributed by atoms with Gasteiger partial charge >= 0.3 is 0 Å². The molecular weight excluding hydrogens is 328 g/mol. The number of para-hydroxylation sites is 2. The minimum absolute atomic E-state index is 0.0502. The standard InChI is InChI=1S/C21H26N2O3/c1-23(2)21(24)15-26-20-10-6-4-8-18(20)13-22-12-16-11-17-7-3-5-9-19(17)25-14-16/h3-10,16,22H,11-15H2,1-2H3. The molecule has 1 unspecified atom stereocenters. The molecule has 1 aliphatic heterocycles. The fourth-order valence-corrected chi connectivity index (χ4v) is 2.99. The van der Waals surface area contributed by atoms with E-state index in [2.05, 4.69) is 17.4 Å². The summed E-state index contributed by atoms with van der Waals surface area (Å²) >= 11 is 0. The molecule has 138 valence electrons. The minimum atomic E-state index is -0.0502. The van der Waals surface area contributed by atoms with E-state index in [1.165, 1.54) is 10.5 Å². The Bertz CT molecular complexity index is 746. The van der Waals surface area contributed by atoms with Crippen molar-refractivity contribution in [3.63, 3.8) is 0 Å². The van der Waals surface area contributed by atoms with E-state index in [4.69, 9.17) is 9.47 Å². The van der Waals surface area contributed by atoms with Crippen LogP contribution in [0.3, 0.4) is 0 Å². The van der Waals surface area contributed by atoms with E-state index in [-0.39, 0.29) is 12.5 Å². The van der Waals surface area contributed by atoms with Crippen molar-refractivity contribution in [1.82, 2.24) is 10.2 Å². The number of ether oxygens (including phenoxy) is 2. The smallest absolute Gasteiger partial charge is 0.259 e. The third-order valence-corrected chi connectivity index (χ3v) is 4.53. The zero-order valence-electron chi connectivity index (χ0n) is 15.4. The van der Waals surface area contributed by atoms with Crippen LogP contribution in [0.15, 0.2) is 48.5 Å². The van der Waals surface area contributed by atoms with Crippen LogP contribution in [0.1, 0.15) is 11.1 Å². The average molecular weight is 354 g/mol. The first-order valence-corrected chi connectivity index (χ1v) is 8.95. The maximum atomic E-state index is 11.7. The summed E-state index contributed by atoms with van der Waals surface area (Å²) in [6.45, 7) is 2.36. The molecule has 5 nitrogen and oxygen atoms in total. The van der Waals surface area contributed by atoms with Crippen molar-refractivity contribution in [2.24, 2.45) is 5.92 Å². The Morgan fingerprint density at radius 1 is 1.19 bits per heavy atom. The maximum Gasteiger partial charge on any atom is 0.259 e. The molecule has 1 heterocycles. The molecule has 26 heavy (non-hydrogen) atoms. The molecule has 0 aliphatic carbocycles. The molecule has 2 aromatic carbocycles. The van der Waals surface area contributed by atoms with Gasteiger partial charge < -0.3 is 19.7 Å². The first kappa shape index (κ1) is 18.3. The minimum Gasteiger partial charge on any atom is -0.493 e. The molecule has 3 rings (SSSR count). The van der Waals surface area contributed by atoms with Crippen LogP contribution in [0.4, 0.5) is 0 Å². The number of rotatable bonds is 7. The zero-order valence-corrected chi connectivity index (χ0v) is 15.4. The third kappa shape index (κ3) is 4.76. The molecule has 1 amide bonds. The topological polar surface area (TPSA) is 50.8 Å². The van der Waals surface area contributed by atoms with E-state index in [1.54, 1.807) is 14.1 Å². The van der Waals surface area contributed by atoms with Crippen molar-refractivity contribution >= 4 is 5.91 Å². The van der Waals surface area contributed by atoms with Crippen LogP contribution in [0, 0.1) is 5.92 Å². The number of carbonyl (C=O) groups is 1. The predicted octanol–water partition coefficient (Wildman–Crippen LogP) is 2.49. The number of carbonyl (C=O) groups excluding carboxylic acids is 1. The number of benzene rings is 2. The molecule has 1 atom stereocenters. The summed E-state index contributed by atoms with van der Waals surface area (Å²) in [5, 5.41) is 3.50. The van der Waals surface area contributed by atoms with Crippen molar-refractivity contribution in [3.8, 4) is 11.5 Å². The van der Waals surface area contributed by atoms with E-state index in [1.807, 2.05) is 36.4 Å². The van der Waals surface area contributed by atoms with Crippen LogP contribution in [-0.2, 0) is 17.8 Å². The van der Waals surface area contributed by atoms with Crippen LogP contribution < -0.4 is 14.8 Å². The molecule has 0 radical (unpaired) electrons. The second-order valence-corrected chi connectivity index (χ2v) is 6.80. The number of hydrogen-bond donors (Lipinski definition) is 1. The van der Waals surface area contributed by atoms with E-state index in [0.717, 1.165) is 36.6 Å². The lowest BCUT2D eigenvalue weighted by atomic mass is 9.97. The van der Waals surface area contributed by atoms with E-state index >= 15 is 0 Å². The van der Waals surface area contributed by atoms with Gasteiger partial charge in [0.2, 0.25) is 0 Å². The number of nitrogens with one attached hydrogen (secondary N) is 1. The number of likely N-dealkylation sites (N-methyl/N-ethyl adjacent to an activating group) is 1. The highest BCUT2D eigenvalue weighted by Gasteiger charge is 2.19. The molecule has 0 saturated heterocycles. The Hall–Kier alpha value is -2.53. The average Bonchev–Trinajstić information content (AvgIpc) is 2.66. The van der Waals surface area contributed by atoms with Crippen molar-refractivity contribution in [2.75, 3.05) is 33.9 Å². The highest BCUT2D eigenvalue weighted by Crippen LogP contribution is 2.26. The van der Waals surface area contributed by atoms with Crippen LogP contribution in [0.2, 0.25) is 0 Å². The van der Waals surface area contributed by atoms with Gasteiger partial charge in [0.05, 0.1) is 6.61 Å². The molecule has 2 aromatic rings. The van der Waals surface area contributed by atoms with Gasteiger partial charge in [0.15, 0.2) is 6.61 Å². The Labute approximate surface area is 154 Å². The Morgan fingerprint density at radius 3 is 2.81 bits per heavy atom. The van der Waals surface area contributed by atoms with Gasteiger partial charge in [-0.2, -0.15) is 0 Å². The third-order valence-electron chi connectivity index (χ3n) is 4.53. The van der Waals surface area contributed by atoms with Gasteiger partial charge in [0.1, 0.15) is 11.5 Å². The SMILES string of the molecule is CN(C)C(=O)COc1ccccc1CNCC1COc2ccccc2C1. The molecule has 1 aliphatic rings. The largest absolute Gasteiger partial charge is 0.493 e. The summed E-state index contributed by atoms with van der Waals surface area (Å²) < 4.78 is 11.5. The fraction of sp³-hybridized carbons (Fsp3) is 0.381. The lowest BCUT2D eigenvalue weighted by Crippen LogP contribution is -2.31. The van der Waals surface area contributed by atoms with Crippen LogP contribution in [-0.4, -0.2) is 44.7 Å². The zero-order chi connectivity index (χ0) is 18.4. The molecule has 0 aromatic heterocycles. The summed E-state index contributed by atoms with van der Waals surface area (Å²) in [5.74, 6) is 2.16. The van der Waals surface area contributed by atoms with Crippen LogP contribution in [0.5, 0.6) is 11.5 Å². The molecule has 0 bridgehead atoms. The Balaban J connectivity index is 1.50. The lowest BCUT2D eigenvalue weighted by molar-refractivity contribution is -0.130.